The fourth-order valence-corrected chi connectivity index (χ4v) is 3.86. The van der Waals surface area contributed by atoms with E-state index >= 15 is 0 Å². The average Bonchev–Trinajstić information content (AvgIpc) is 2.70. The van der Waals surface area contributed by atoms with E-state index in [1.165, 1.54) is 22.3 Å². The summed E-state index contributed by atoms with van der Waals surface area (Å²) in [6.07, 6.45) is 0. The van der Waals surface area contributed by atoms with Gasteiger partial charge in [-0.2, -0.15) is 0 Å². The molecule has 3 aromatic rings. The van der Waals surface area contributed by atoms with E-state index < -0.39 is 0 Å². The third kappa shape index (κ3) is 5.61. The summed E-state index contributed by atoms with van der Waals surface area (Å²) in [7, 11) is 0. The number of anilines is 1. The van der Waals surface area contributed by atoms with Gasteiger partial charge in [0.25, 0.3) is 0 Å². The molecule has 1 heterocycles. The zero-order valence-corrected chi connectivity index (χ0v) is 20.2. The smallest absolute Gasteiger partial charge is 0.0846 e. The van der Waals surface area contributed by atoms with Gasteiger partial charge in [-0.3, -0.25) is 4.99 Å². The molecule has 0 spiro atoms. The number of aryl methyl sites for hydroxylation is 3. The number of nitrogens with zero attached hydrogens (tertiary/aromatic N) is 2. The summed E-state index contributed by atoms with van der Waals surface area (Å²) < 4.78 is 0. The third-order valence-corrected chi connectivity index (χ3v) is 5.63. The minimum absolute atomic E-state index is 0.0936. The molecular formula is C28H35N3. The highest BCUT2D eigenvalue weighted by molar-refractivity contribution is 5.99. The summed E-state index contributed by atoms with van der Waals surface area (Å²) in [6.45, 7) is 17.2. The highest BCUT2D eigenvalue weighted by atomic mass is 14.9. The molecule has 0 saturated carbocycles. The molecule has 0 radical (unpaired) electrons. The number of nitrogens with one attached hydrogen (secondary N) is 1. The summed E-state index contributed by atoms with van der Waals surface area (Å²) in [4.78, 5) is 9.83. The molecule has 1 aromatic heterocycles. The van der Waals surface area contributed by atoms with Crippen molar-refractivity contribution in [1.29, 1.82) is 0 Å². The van der Waals surface area contributed by atoms with Crippen molar-refractivity contribution in [3.05, 3.63) is 88.2 Å². The molecule has 3 heteroatoms. The second kappa shape index (κ2) is 9.05. The van der Waals surface area contributed by atoms with E-state index in [9.17, 15) is 0 Å². The van der Waals surface area contributed by atoms with Gasteiger partial charge in [0.05, 0.1) is 28.8 Å². The number of hydrogen-bond donors (Lipinski definition) is 1. The summed E-state index contributed by atoms with van der Waals surface area (Å²) in [5.41, 5.74) is 10.1. The molecule has 3 rings (SSSR count). The van der Waals surface area contributed by atoms with Gasteiger partial charge < -0.3 is 5.32 Å². The zero-order valence-electron chi connectivity index (χ0n) is 20.2. The Morgan fingerprint density at radius 3 is 2.13 bits per heavy atom. The van der Waals surface area contributed by atoms with E-state index in [1.54, 1.807) is 0 Å². The predicted octanol–water partition coefficient (Wildman–Crippen LogP) is 7.62. The Labute approximate surface area is 187 Å². The molecular weight excluding hydrogens is 378 g/mol. The van der Waals surface area contributed by atoms with Crippen LogP contribution in [0.2, 0.25) is 0 Å². The first kappa shape index (κ1) is 22.7. The fraction of sp³-hybridized carbons (Fsp3) is 0.357. The van der Waals surface area contributed by atoms with Crippen molar-refractivity contribution in [1.82, 2.24) is 4.98 Å². The maximum absolute atomic E-state index is 4.92. The monoisotopic (exact) mass is 413 g/mol. The van der Waals surface area contributed by atoms with Crippen molar-refractivity contribution in [2.45, 2.75) is 66.8 Å². The van der Waals surface area contributed by atoms with Crippen molar-refractivity contribution < 1.29 is 0 Å². The standard InChI is InChI=1S/C28H35N3/c1-18-16-19(2)27(20(3)17-18)30-22(5)26-11-9-10-25(31-26)21(4)29-24-14-12-23(13-15-24)28(6,7)8/h9-17,21,29H,1-8H3. The van der Waals surface area contributed by atoms with E-state index in [2.05, 4.69) is 102 Å². The van der Waals surface area contributed by atoms with Gasteiger partial charge >= 0.3 is 0 Å². The third-order valence-electron chi connectivity index (χ3n) is 5.63. The lowest BCUT2D eigenvalue weighted by atomic mass is 9.87. The SMILES string of the molecule is CC(=Nc1c(C)cc(C)cc1C)c1cccc(C(C)Nc2ccc(C(C)(C)C)cc2)n1. The van der Waals surface area contributed by atoms with Crippen LogP contribution in [0.15, 0.2) is 59.6 Å². The molecule has 1 N–H and O–H groups in total. The fourth-order valence-electron chi connectivity index (χ4n) is 3.86. The van der Waals surface area contributed by atoms with Crippen LogP contribution in [0.3, 0.4) is 0 Å². The van der Waals surface area contributed by atoms with Gasteiger partial charge in [0, 0.05) is 5.69 Å². The molecule has 31 heavy (non-hydrogen) atoms. The van der Waals surface area contributed by atoms with Gasteiger partial charge in [-0.25, -0.2) is 4.98 Å². The summed E-state index contributed by atoms with van der Waals surface area (Å²) in [5.74, 6) is 0. The highest BCUT2D eigenvalue weighted by Crippen LogP contribution is 2.27. The van der Waals surface area contributed by atoms with Crippen molar-refractivity contribution in [3.8, 4) is 0 Å². The Kier molecular flexibility index (Phi) is 6.64. The normalized spacial score (nSPS) is 13.2. The van der Waals surface area contributed by atoms with Gasteiger partial charge in [-0.15, -0.1) is 0 Å². The molecule has 162 valence electrons. The van der Waals surface area contributed by atoms with Gasteiger partial charge in [-0.05, 0) is 81.0 Å². The molecule has 0 bridgehead atoms. The van der Waals surface area contributed by atoms with E-state index in [0.29, 0.717) is 0 Å². The minimum Gasteiger partial charge on any atom is -0.377 e. The maximum Gasteiger partial charge on any atom is 0.0846 e. The lowest BCUT2D eigenvalue weighted by molar-refractivity contribution is 0.590. The summed E-state index contributed by atoms with van der Waals surface area (Å²) in [5, 5.41) is 3.57. The van der Waals surface area contributed by atoms with Crippen molar-refractivity contribution in [2.75, 3.05) is 5.32 Å². The minimum atomic E-state index is 0.0936. The van der Waals surface area contributed by atoms with E-state index in [1.807, 2.05) is 13.0 Å². The van der Waals surface area contributed by atoms with Crippen LogP contribution >= 0.6 is 0 Å². The molecule has 1 atom stereocenters. The Morgan fingerprint density at radius 1 is 0.935 bits per heavy atom. The summed E-state index contributed by atoms with van der Waals surface area (Å²) >= 11 is 0. The molecule has 0 aliphatic heterocycles. The number of aliphatic imine (C=N–C) groups is 1. The van der Waals surface area contributed by atoms with Crippen molar-refractivity contribution in [2.24, 2.45) is 4.99 Å². The van der Waals surface area contributed by atoms with E-state index in [-0.39, 0.29) is 11.5 Å². The second-order valence-electron chi connectivity index (χ2n) is 9.59. The van der Waals surface area contributed by atoms with Crippen LogP contribution < -0.4 is 5.32 Å². The van der Waals surface area contributed by atoms with Crippen LogP contribution in [0.4, 0.5) is 11.4 Å². The first-order chi connectivity index (χ1) is 14.5. The number of aromatic nitrogens is 1. The second-order valence-corrected chi connectivity index (χ2v) is 9.59. The quantitative estimate of drug-likeness (QED) is 0.437. The van der Waals surface area contributed by atoms with E-state index in [4.69, 9.17) is 9.98 Å². The Hall–Kier alpha value is -2.94. The van der Waals surface area contributed by atoms with Crippen molar-refractivity contribution in [3.63, 3.8) is 0 Å². The Balaban J connectivity index is 1.81. The predicted molar refractivity (Wildman–Crippen MR) is 134 cm³/mol. The van der Waals surface area contributed by atoms with Crippen LogP contribution in [0.25, 0.3) is 0 Å². The van der Waals surface area contributed by atoms with Crippen molar-refractivity contribution >= 4 is 17.1 Å². The maximum atomic E-state index is 4.92. The van der Waals surface area contributed by atoms with Crippen LogP contribution in [0.1, 0.15) is 74.3 Å². The van der Waals surface area contributed by atoms with Gasteiger partial charge in [0.15, 0.2) is 0 Å². The van der Waals surface area contributed by atoms with Crippen LogP contribution in [0, 0.1) is 20.8 Å². The van der Waals surface area contributed by atoms with Gasteiger partial charge in [0.1, 0.15) is 0 Å². The number of hydrogen-bond acceptors (Lipinski definition) is 3. The average molecular weight is 414 g/mol. The lowest BCUT2D eigenvalue weighted by Gasteiger charge is -2.20. The molecule has 0 amide bonds. The molecule has 0 saturated heterocycles. The Bertz CT molecular complexity index is 1060. The molecule has 1 unspecified atom stereocenters. The topological polar surface area (TPSA) is 37.3 Å². The van der Waals surface area contributed by atoms with E-state index in [0.717, 1.165) is 28.5 Å². The number of pyridine rings is 1. The lowest BCUT2D eigenvalue weighted by Crippen LogP contribution is -2.12. The molecule has 0 aliphatic rings. The van der Waals surface area contributed by atoms with Crippen LogP contribution in [-0.2, 0) is 5.41 Å². The van der Waals surface area contributed by atoms with Crippen LogP contribution in [-0.4, -0.2) is 10.7 Å². The highest BCUT2D eigenvalue weighted by Gasteiger charge is 2.14. The first-order valence-corrected chi connectivity index (χ1v) is 11.0. The molecule has 3 nitrogen and oxygen atoms in total. The van der Waals surface area contributed by atoms with Crippen LogP contribution in [0.5, 0.6) is 0 Å². The molecule has 2 aromatic carbocycles. The zero-order chi connectivity index (χ0) is 22.8. The molecule has 0 fully saturated rings. The number of benzene rings is 2. The van der Waals surface area contributed by atoms with Gasteiger partial charge in [-0.1, -0.05) is 56.7 Å². The molecule has 0 aliphatic carbocycles. The van der Waals surface area contributed by atoms with Gasteiger partial charge in [0.2, 0.25) is 0 Å². The largest absolute Gasteiger partial charge is 0.377 e. The number of rotatable bonds is 5. The summed E-state index contributed by atoms with van der Waals surface area (Å²) in [6, 6.07) is 19.3. The first-order valence-electron chi connectivity index (χ1n) is 11.0. The Morgan fingerprint density at radius 2 is 1.55 bits per heavy atom.